The van der Waals surface area contributed by atoms with Crippen molar-refractivity contribution in [1.82, 2.24) is 5.48 Å². The third-order valence-corrected chi connectivity index (χ3v) is 1.51. The van der Waals surface area contributed by atoms with Gasteiger partial charge in [0.2, 0.25) is 0 Å². The molecule has 0 saturated carbocycles. The Labute approximate surface area is 71.8 Å². The van der Waals surface area contributed by atoms with Crippen molar-refractivity contribution < 1.29 is 14.7 Å². The number of nitrogens with two attached hydrogens (primary N) is 1. The molecule has 0 bridgehead atoms. The Balaban J connectivity index is 3.14. The molecule has 0 amide bonds. The molecule has 72 valence electrons. The maximum atomic E-state index is 10.3. The predicted octanol–water partition coefficient (Wildman–Crippen LogP) is -0.280. The van der Waals surface area contributed by atoms with Gasteiger partial charge in [0.15, 0.2) is 0 Å². The summed E-state index contributed by atoms with van der Waals surface area (Å²) in [7, 11) is 1.54. The van der Waals surface area contributed by atoms with Crippen molar-refractivity contribution in [3.05, 3.63) is 0 Å². The predicted molar refractivity (Wildman–Crippen MR) is 44.5 cm³/mol. The van der Waals surface area contributed by atoms with Gasteiger partial charge in [-0.15, -0.1) is 0 Å². The molecule has 0 aliphatic heterocycles. The summed E-state index contributed by atoms with van der Waals surface area (Å²) in [5.74, 6) is -0.935. The fourth-order valence-corrected chi connectivity index (χ4v) is 0.787. The molecule has 1 atom stereocenters. The number of carbonyl (C=O) groups is 1. The summed E-state index contributed by atoms with van der Waals surface area (Å²) < 4.78 is 0. The SMILES string of the molecule is CONCCCC[C@H](N)C(=O)O. The monoisotopic (exact) mass is 176 g/mol. The van der Waals surface area contributed by atoms with Crippen molar-refractivity contribution in [3.63, 3.8) is 0 Å². The second-order valence-corrected chi connectivity index (χ2v) is 2.54. The van der Waals surface area contributed by atoms with Crippen LogP contribution in [-0.4, -0.2) is 30.8 Å². The van der Waals surface area contributed by atoms with E-state index in [1.807, 2.05) is 0 Å². The zero-order valence-corrected chi connectivity index (χ0v) is 7.25. The van der Waals surface area contributed by atoms with Crippen LogP contribution < -0.4 is 11.2 Å². The number of aliphatic carboxylic acids is 1. The molecule has 0 saturated heterocycles. The normalized spacial score (nSPS) is 12.8. The Morgan fingerprint density at radius 1 is 1.67 bits per heavy atom. The smallest absolute Gasteiger partial charge is 0.320 e. The van der Waals surface area contributed by atoms with Gasteiger partial charge in [-0.2, -0.15) is 0 Å². The summed E-state index contributed by atoms with van der Waals surface area (Å²) in [6, 6.07) is -0.729. The quantitative estimate of drug-likeness (QED) is 0.367. The fraction of sp³-hybridized carbons (Fsp3) is 0.857. The average molecular weight is 176 g/mol. The van der Waals surface area contributed by atoms with E-state index in [9.17, 15) is 4.79 Å². The molecule has 0 aromatic rings. The standard InChI is InChI=1S/C7H16N2O3/c1-12-9-5-3-2-4-6(8)7(10)11/h6,9H,2-5,8H2,1H3,(H,10,11)/t6-/m0/s1. The molecular formula is C7H16N2O3. The van der Waals surface area contributed by atoms with Gasteiger partial charge in [-0.05, 0) is 19.3 Å². The van der Waals surface area contributed by atoms with Crippen LogP contribution in [0.3, 0.4) is 0 Å². The second-order valence-electron chi connectivity index (χ2n) is 2.54. The molecular weight excluding hydrogens is 160 g/mol. The molecule has 4 N–H and O–H groups in total. The summed E-state index contributed by atoms with van der Waals surface area (Å²) in [5.41, 5.74) is 7.94. The minimum absolute atomic E-state index is 0.515. The molecule has 12 heavy (non-hydrogen) atoms. The number of carboxylic acid groups (broad SMARTS) is 1. The maximum absolute atomic E-state index is 10.3. The Kier molecular flexibility index (Phi) is 6.64. The number of hydroxylamine groups is 1. The van der Waals surface area contributed by atoms with Gasteiger partial charge in [-0.25, -0.2) is 5.48 Å². The lowest BCUT2D eigenvalue weighted by Gasteiger charge is -2.05. The van der Waals surface area contributed by atoms with E-state index in [1.165, 1.54) is 0 Å². The number of hydrogen-bond acceptors (Lipinski definition) is 4. The Morgan fingerprint density at radius 3 is 2.83 bits per heavy atom. The first kappa shape index (κ1) is 11.4. The molecule has 0 spiro atoms. The molecule has 5 nitrogen and oxygen atoms in total. The van der Waals surface area contributed by atoms with Gasteiger partial charge >= 0.3 is 5.97 Å². The van der Waals surface area contributed by atoms with Crippen LogP contribution in [0.1, 0.15) is 19.3 Å². The van der Waals surface area contributed by atoms with E-state index in [0.29, 0.717) is 6.42 Å². The molecule has 0 rings (SSSR count). The Hall–Kier alpha value is -0.650. The number of hydrogen-bond donors (Lipinski definition) is 3. The van der Waals surface area contributed by atoms with Gasteiger partial charge in [0.1, 0.15) is 6.04 Å². The Morgan fingerprint density at radius 2 is 2.33 bits per heavy atom. The number of rotatable bonds is 7. The lowest BCUT2D eigenvalue weighted by Crippen LogP contribution is -2.30. The van der Waals surface area contributed by atoms with Crippen molar-refractivity contribution in [2.45, 2.75) is 25.3 Å². The molecule has 0 aliphatic carbocycles. The van der Waals surface area contributed by atoms with Crippen LogP contribution in [0.15, 0.2) is 0 Å². The van der Waals surface area contributed by atoms with Crippen LogP contribution >= 0.6 is 0 Å². The third kappa shape index (κ3) is 6.09. The van der Waals surface area contributed by atoms with Gasteiger partial charge in [0.05, 0.1) is 7.11 Å². The van der Waals surface area contributed by atoms with Crippen molar-refractivity contribution in [1.29, 1.82) is 0 Å². The first-order valence-corrected chi connectivity index (χ1v) is 3.92. The minimum atomic E-state index is -0.935. The van der Waals surface area contributed by atoms with E-state index in [1.54, 1.807) is 7.11 Å². The molecule has 0 fully saturated rings. The van der Waals surface area contributed by atoms with E-state index < -0.39 is 12.0 Å². The third-order valence-electron chi connectivity index (χ3n) is 1.51. The van der Waals surface area contributed by atoms with Crippen LogP contribution in [0.2, 0.25) is 0 Å². The highest BCUT2D eigenvalue weighted by Crippen LogP contribution is 1.97. The summed E-state index contributed by atoms with van der Waals surface area (Å²) in [5, 5.41) is 8.42. The topological polar surface area (TPSA) is 84.6 Å². The molecule has 0 aliphatic rings. The van der Waals surface area contributed by atoms with Crippen molar-refractivity contribution >= 4 is 5.97 Å². The minimum Gasteiger partial charge on any atom is -0.480 e. The largest absolute Gasteiger partial charge is 0.480 e. The van der Waals surface area contributed by atoms with Crippen LogP contribution in [0.4, 0.5) is 0 Å². The van der Waals surface area contributed by atoms with E-state index in [2.05, 4.69) is 10.3 Å². The van der Waals surface area contributed by atoms with E-state index in [-0.39, 0.29) is 0 Å². The van der Waals surface area contributed by atoms with Crippen molar-refractivity contribution in [3.8, 4) is 0 Å². The maximum Gasteiger partial charge on any atom is 0.320 e. The molecule has 0 heterocycles. The number of unbranched alkanes of at least 4 members (excludes halogenated alkanes) is 1. The molecule has 0 aromatic heterocycles. The van der Waals surface area contributed by atoms with Gasteiger partial charge in [-0.3, -0.25) is 4.79 Å². The average Bonchev–Trinajstić information content (AvgIpc) is 2.03. The van der Waals surface area contributed by atoms with E-state index >= 15 is 0 Å². The zero-order chi connectivity index (χ0) is 9.40. The van der Waals surface area contributed by atoms with Gasteiger partial charge in [0, 0.05) is 6.54 Å². The van der Waals surface area contributed by atoms with Crippen LogP contribution in [0.25, 0.3) is 0 Å². The summed E-state index contributed by atoms with van der Waals surface area (Å²) in [4.78, 5) is 14.9. The highest BCUT2D eigenvalue weighted by Gasteiger charge is 2.09. The molecule has 0 radical (unpaired) electrons. The molecule has 0 aromatic carbocycles. The first-order valence-electron chi connectivity index (χ1n) is 3.92. The number of carboxylic acids is 1. The highest BCUT2D eigenvalue weighted by molar-refractivity contribution is 5.72. The Bertz CT molecular complexity index is 130. The fourth-order valence-electron chi connectivity index (χ4n) is 0.787. The van der Waals surface area contributed by atoms with Gasteiger partial charge < -0.3 is 15.7 Å². The summed E-state index contributed by atoms with van der Waals surface area (Å²) >= 11 is 0. The van der Waals surface area contributed by atoms with Crippen molar-refractivity contribution in [2.75, 3.05) is 13.7 Å². The van der Waals surface area contributed by atoms with Crippen LogP contribution in [0.5, 0.6) is 0 Å². The lowest BCUT2D eigenvalue weighted by atomic mass is 10.1. The molecule has 0 unspecified atom stereocenters. The van der Waals surface area contributed by atoms with Gasteiger partial charge in [-0.1, -0.05) is 0 Å². The first-order chi connectivity index (χ1) is 5.68. The van der Waals surface area contributed by atoms with Crippen LogP contribution in [0, 0.1) is 0 Å². The second kappa shape index (κ2) is 7.02. The molecule has 5 heteroatoms. The summed E-state index contributed by atoms with van der Waals surface area (Å²) in [6.45, 7) is 0.725. The van der Waals surface area contributed by atoms with Crippen molar-refractivity contribution in [2.24, 2.45) is 5.73 Å². The summed E-state index contributed by atoms with van der Waals surface area (Å²) in [6.07, 6.45) is 2.18. The van der Waals surface area contributed by atoms with Crippen LogP contribution in [-0.2, 0) is 9.63 Å². The van der Waals surface area contributed by atoms with E-state index in [0.717, 1.165) is 19.4 Å². The lowest BCUT2D eigenvalue weighted by molar-refractivity contribution is -0.138. The number of nitrogens with one attached hydrogen (secondary N) is 1. The highest BCUT2D eigenvalue weighted by atomic mass is 16.6. The van der Waals surface area contributed by atoms with Gasteiger partial charge in [0.25, 0.3) is 0 Å². The zero-order valence-electron chi connectivity index (χ0n) is 7.25. The van der Waals surface area contributed by atoms with E-state index in [4.69, 9.17) is 10.8 Å².